The molecule has 1 amide bonds. The second-order valence-electron chi connectivity index (χ2n) is 7.48. The minimum atomic E-state index is -0.727. The minimum Gasteiger partial charge on any atom is -0.416 e. The van der Waals surface area contributed by atoms with E-state index in [2.05, 4.69) is 40.6 Å². The Bertz CT molecular complexity index is 824. The van der Waals surface area contributed by atoms with Crippen molar-refractivity contribution in [2.24, 2.45) is 0 Å². The molecule has 1 aromatic heterocycles. The third-order valence-corrected chi connectivity index (χ3v) is 6.16. The standard InChI is InChI=1S/C21H26N4O2S/c1-15(17-9-5-3-6-10-17)13-18-24-25-20(27-18)28-16(2)19(26)23-21(14-22)11-7-4-8-12-21/h3,5-6,9-10,15-16H,4,7-8,11-13H2,1-2H3,(H,23,26). The molecule has 0 spiro atoms. The molecule has 148 valence electrons. The third kappa shape index (κ3) is 5.14. The van der Waals surface area contributed by atoms with Gasteiger partial charge in [-0.15, -0.1) is 10.2 Å². The fourth-order valence-electron chi connectivity index (χ4n) is 3.49. The third-order valence-electron chi connectivity index (χ3n) is 5.23. The highest BCUT2D eigenvalue weighted by Gasteiger charge is 2.35. The Morgan fingerprint density at radius 2 is 1.96 bits per heavy atom. The van der Waals surface area contributed by atoms with Crippen molar-refractivity contribution in [2.75, 3.05) is 0 Å². The van der Waals surface area contributed by atoms with Gasteiger partial charge in [0.25, 0.3) is 5.22 Å². The fraction of sp³-hybridized carbons (Fsp3) is 0.524. The molecule has 1 aromatic carbocycles. The summed E-state index contributed by atoms with van der Waals surface area (Å²) >= 11 is 1.23. The predicted octanol–water partition coefficient (Wildman–Crippen LogP) is 4.24. The normalized spacial score (nSPS) is 18.0. The highest BCUT2D eigenvalue weighted by atomic mass is 32.2. The Kier molecular flexibility index (Phi) is 6.74. The van der Waals surface area contributed by atoms with Crippen LogP contribution in [-0.2, 0) is 11.2 Å². The number of thioether (sulfide) groups is 1. The number of amides is 1. The van der Waals surface area contributed by atoms with E-state index in [9.17, 15) is 10.1 Å². The summed E-state index contributed by atoms with van der Waals surface area (Å²) < 4.78 is 5.73. The summed E-state index contributed by atoms with van der Waals surface area (Å²) in [5.41, 5.74) is 0.492. The molecular weight excluding hydrogens is 372 g/mol. The van der Waals surface area contributed by atoms with Crippen LogP contribution in [0.2, 0.25) is 0 Å². The summed E-state index contributed by atoms with van der Waals surface area (Å²) in [5, 5.41) is 20.6. The van der Waals surface area contributed by atoms with Crippen molar-refractivity contribution < 1.29 is 9.21 Å². The summed E-state index contributed by atoms with van der Waals surface area (Å²) in [5.74, 6) is 0.667. The SMILES string of the molecule is CC(Sc1nnc(CC(C)c2ccccc2)o1)C(=O)NC1(C#N)CCCCC1. The number of rotatable bonds is 7. The molecule has 2 atom stereocenters. The molecule has 0 bridgehead atoms. The maximum atomic E-state index is 12.6. The van der Waals surface area contributed by atoms with Crippen LogP contribution in [0.3, 0.4) is 0 Å². The molecule has 1 heterocycles. The first-order chi connectivity index (χ1) is 13.5. The topological polar surface area (TPSA) is 91.8 Å². The summed E-state index contributed by atoms with van der Waals surface area (Å²) in [6.45, 7) is 3.91. The monoisotopic (exact) mass is 398 g/mol. The lowest BCUT2D eigenvalue weighted by Gasteiger charge is -2.32. The van der Waals surface area contributed by atoms with Crippen molar-refractivity contribution in [1.82, 2.24) is 15.5 Å². The smallest absolute Gasteiger partial charge is 0.277 e. The van der Waals surface area contributed by atoms with Crippen molar-refractivity contribution in [3.05, 3.63) is 41.8 Å². The van der Waals surface area contributed by atoms with Gasteiger partial charge >= 0.3 is 0 Å². The number of nitrogens with one attached hydrogen (secondary N) is 1. The van der Waals surface area contributed by atoms with Crippen molar-refractivity contribution in [1.29, 1.82) is 5.26 Å². The van der Waals surface area contributed by atoms with Crippen molar-refractivity contribution in [2.45, 2.75) is 74.3 Å². The Hall–Kier alpha value is -2.33. The second-order valence-corrected chi connectivity index (χ2v) is 8.77. The number of carbonyl (C=O) groups is 1. The van der Waals surface area contributed by atoms with Crippen LogP contribution in [0.15, 0.2) is 40.0 Å². The Labute approximate surface area is 170 Å². The molecule has 1 aliphatic carbocycles. The van der Waals surface area contributed by atoms with Gasteiger partial charge in [-0.05, 0) is 31.2 Å². The van der Waals surface area contributed by atoms with Gasteiger partial charge in [-0.25, -0.2) is 0 Å². The van der Waals surface area contributed by atoms with Gasteiger partial charge in [0.15, 0.2) is 0 Å². The molecule has 1 aliphatic rings. The van der Waals surface area contributed by atoms with Crippen LogP contribution in [0.5, 0.6) is 0 Å². The van der Waals surface area contributed by atoms with E-state index in [1.807, 2.05) is 18.2 Å². The van der Waals surface area contributed by atoms with E-state index in [4.69, 9.17) is 4.42 Å². The molecule has 0 radical (unpaired) electrons. The zero-order valence-corrected chi connectivity index (χ0v) is 17.2. The van der Waals surface area contributed by atoms with Crippen LogP contribution in [0.4, 0.5) is 0 Å². The number of nitriles is 1. The van der Waals surface area contributed by atoms with E-state index in [1.54, 1.807) is 6.92 Å². The molecular formula is C21H26N4O2S. The number of hydrogen-bond donors (Lipinski definition) is 1. The first kappa shape index (κ1) is 20.4. The van der Waals surface area contributed by atoms with Gasteiger partial charge in [0.2, 0.25) is 11.8 Å². The van der Waals surface area contributed by atoms with Crippen LogP contribution in [0.1, 0.15) is 63.3 Å². The first-order valence-electron chi connectivity index (χ1n) is 9.78. The lowest BCUT2D eigenvalue weighted by molar-refractivity contribution is -0.122. The lowest BCUT2D eigenvalue weighted by atomic mass is 9.83. The van der Waals surface area contributed by atoms with Crippen LogP contribution in [0, 0.1) is 11.3 Å². The van der Waals surface area contributed by atoms with E-state index in [0.29, 0.717) is 30.4 Å². The molecule has 7 heteroatoms. The van der Waals surface area contributed by atoms with E-state index < -0.39 is 10.8 Å². The molecule has 1 N–H and O–H groups in total. The average molecular weight is 399 g/mol. The molecule has 0 aliphatic heterocycles. The van der Waals surface area contributed by atoms with E-state index in [1.165, 1.54) is 17.3 Å². The summed E-state index contributed by atoms with van der Waals surface area (Å²) in [6.07, 6.45) is 5.15. The zero-order valence-electron chi connectivity index (χ0n) is 16.4. The Morgan fingerprint density at radius 1 is 1.25 bits per heavy atom. The minimum absolute atomic E-state index is 0.161. The molecule has 2 unspecified atom stereocenters. The van der Waals surface area contributed by atoms with E-state index in [0.717, 1.165) is 19.3 Å². The quantitative estimate of drug-likeness (QED) is 0.702. The number of nitrogens with zero attached hydrogens (tertiary/aromatic N) is 3. The zero-order chi connectivity index (χ0) is 20.0. The second kappa shape index (κ2) is 9.24. The van der Waals surface area contributed by atoms with Crippen molar-refractivity contribution in [3.63, 3.8) is 0 Å². The van der Waals surface area contributed by atoms with Crippen LogP contribution < -0.4 is 5.32 Å². The maximum absolute atomic E-state index is 12.6. The Morgan fingerprint density at radius 3 is 2.64 bits per heavy atom. The number of benzene rings is 1. The van der Waals surface area contributed by atoms with Gasteiger partial charge in [-0.1, -0.05) is 68.3 Å². The van der Waals surface area contributed by atoms with E-state index in [-0.39, 0.29) is 11.8 Å². The number of aromatic nitrogens is 2. The van der Waals surface area contributed by atoms with Gasteiger partial charge in [-0.2, -0.15) is 5.26 Å². The molecule has 6 nitrogen and oxygen atoms in total. The van der Waals surface area contributed by atoms with Crippen LogP contribution in [-0.4, -0.2) is 26.9 Å². The molecule has 2 aromatic rings. The van der Waals surface area contributed by atoms with Crippen molar-refractivity contribution >= 4 is 17.7 Å². The lowest BCUT2D eigenvalue weighted by Crippen LogP contribution is -2.50. The van der Waals surface area contributed by atoms with Gasteiger partial charge in [0.05, 0.1) is 11.3 Å². The fourth-order valence-corrected chi connectivity index (χ4v) is 4.19. The predicted molar refractivity (Wildman–Crippen MR) is 108 cm³/mol. The summed E-state index contributed by atoms with van der Waals surface area (Å²) in [6, 6.07) is 12.5. The van der Waals surface area contributed by atoms with Gasteiger partial charge in [0, 0.05) is 6.42 Å². The number of hydrogen-bond acceptors (Lipinski definition) is 6. The summed E-state index contributed by atoms with van der Waals surface area (Å²) in [4.78, 5) is 12.6. The van der Waals surface area contributed by atoms with Crippen LogP contribution >= 0.6 is 11.8 Å². The van der Waals surface area contributed by atoms with E-state index >= 15 is 0 Å². The first-order valence-corrected chi connectivity index (χ1v) is 10.7. The molecule has 0 saturated heterocycles. The largest absolute Gasteiger partial charge is 0.416 e. The summed E-state index contributed by atoms with van der Waals surface area (Å²) in [7, 11) is 0. The van der Waals surface area contributed by atoms with Crippen LogP contribution in [0.25, 0.3) is 0 Å². The maximum Gasteiger partial charge on any atom is 0.277 e. The van der Waals surface area contributed by atoms with Gasteiger partial charge < -0.3 is 9.73 Å². The molecule has 3 rings (SSSR count). The van der Waals surface area contributed by atoms with Crippen molar-refractivity contribution in [3.8, 4) is 6.07 Å². The molecule has 1 saturated carbocycles. The highest BCUT2D eigenvalue weighted by Crippen LogP contribution is 2.29. The highest BCUT2D eigenvalue weighted by molar-refractivity contribution is 8.00. The number of carbonyl (C=O) groups excluding carboxylic acids is 1. The average Bonchev–Trinajstić information content (AvgIpc) is 3.16. The molecule has 1 fully saturated rings. The van der Waals surface area contributed by atoms with Gasteiger partial charge in [0.1, 0.15) is 5.54 Å². The Balaban J connectivity index is 1.55. The van der Waals surface area contributed by atoms with Gasteiger partial charge in [-0.3, -0.25) is 4.79 Å². The molecule has 28 heavy (non-hydrogen) atoms.